The smallest absolute Gasteiger partial charge is 0.243 e. The molecule has 0 radical (unpaired) electrons. The molecule has 2 aromatic carbocycles. The molecule has 2 rings (SSSR count). The lowest BCUT2D eigenvalue weighted by Gasteiger charge is -2.17. The molecule has 0 aliphatic heterocycles. The van der Waals surface area contributed by atoms with Crippen molar-refractivity contribution in [3.05, 3.63) is 65.7 Å². The quantitative estimate of drug-likeness (QED) is 0.887. The summed E-state index contributed by atoms with van der Waals surface area (Å²) in [6.07, 6.45) is -0.683. The van der Waals surface area contributed by atoms with Crippen LogP contribution in [-0.4, -0.2) is 22.1 Å². The number of nitrogens with one attached hydrogen (secondary N) is 1. The normalized spacial score (nSPS) is 13.0. The highest BCUT2D eigenvalue weighted by atomic mass is 32.2. The van der Waals surface area contributed by atoms with E-state index in [0.29, 0.717) is 5.56 Å². The van der Waals surface area contributed by atoms with Crippen LogP contribution in [0, 0.1) is 11.6 Å². The summed E-state index contributed by atoms with van der Waals surface area (Å²) in [6.45, 7) is -0.142. The summed E-state index contributed by atoms with van der Waals surface area (Å²) in [5, 5.41) is 0. The Labute approximate surface area is 127 Å². The molecule has 0 unspecified atom stereocenters. The van der Waals surface area contributed by atoms with E-state index in [0.717, 1.165) is 6.07 Å². The SMILES string of the molecule is CO[C@@H](CNS(=O)(=O)c1ccccc1F)c1cccc(F)c1. The van der Waals surface area contributed by atoms with Gasteiger partial charge in [0.05, 0.1) is 6.10 Å². The maximum Gasteiger partial charge on any atom is 0.243 e. The third kappa shape index (κ3) is 3.88. The van der Waals surface area contributed by atoms with E-state index in [-0.39, 0.29) is 6.54 Å². The van der Waals surface area contributed by atoms with E-state index in [1.807, 2.05) is 0 Å². The Hall–Kier alpha value is -1.83. The maximum atomic E-state index is 13.6. The Kier molecular flexibility index (Phi) is 5.23. The molecule has 4 nitrogen and oxygen atoms in total. The maximum absolute atomic E-state index is 13.6. The van der Waals surface area contributed by atoms with E-state index in [2.05, 4.69) is 4.72 Å². The van der Waals surface area contributed by atoms with Crippen LogP contribution in [-0.2, 0) is 14.8 Å². The largest absolute Gasteiger partial charge is 0.375 e. The predicted molar refractivity (Wildman–Crippen MR) is 77.7 cm³/mol. The summed E-state index contributed by atoms with van der Waals surface area (Å²) in [7, 11) is -2.63. The summed E-state index contributed by atoms with van der Waals surface area (Å²) >= 11 is 0. The van der Waals surface area contributed by atoms with Gasteiger partial charge in [-0.3, -0.25) is 0 Å². The van der Waals surface area contributed by atoms with Gasteiger partial charge in [-0.25, -0.2) is 21.9 Å². The first-order valence-electron chi connectivity index (χ1n) is 6.46. The number of hydrogen-bond acceptors (Lipinski definition) is 3. The lowest BCUT2D eigenvalue weighted by molar-refractivity contribution is 0.107. The summed E-state index contributed by atoms with van der Waals surface area (Å²) < 4.78 is 58.4. The van der Waals surface area contributed by atoms with Crippen LogP contribution in [0.25, 0.3) is 0 Å². The van der Waals surface area contributed by atoms with E-state index >= 15 is 0 Å². The van der Waals surface area contributed by atoms with Gasteiger partial charge in [-0.2, -0.15) is 0 Å². The Bertz CT molecular complexity index is 750. The van der Waals surface area contributed by atoms with E-state index in [4.69, 9.17) is 4.74 Å². The number of halogens is 2. The van der Waals surface area contributed by atoms with Crippen molar-refractivity contribution in [2.24, 2.45) is 0 Å². The molecule has 0 bridgehead atoms. The summed E-state index contributed by atoms with van der Waals surface area (Å²) in [6, 6.07) is 10.7. The van der Waals surface area contributed by atoms with Gasteiger partial charge in [0.15, 0.2) is 0 Å². The minimum absolute atomic E-state index is 0.142. The third-order valence-electron chi connectivity index (χ3n) is 3.09. The van der Waals surface area contributed by atoms with Gasteiger partial charge in [-0.1, -0.05) is 24.3 Å². The minimum atomic E-state index is -4.01. The minimum Gasteiger partial charge on any atom is -0.375 e. The zero-order valence-electron chi connectivity index (χ0n) is 11.8. The van der Waals surface area contributed by atoms with Crippen LogP contribution in [0.3, 0.4) is 0 Å². The second-order valence-corrected chi connectivity index (χ2v) is 6.30. The van der Waals surface area contributed by atoms with E-state index in [1.165, 1.54) is 43.5 Å². The Morgan fingerprint density at radius 3 is 2.50 bits per heavy atom. The number of hydrogen-bond donors (Lipinski definition) is 1. The van der Waals surface area contributed by atoms with Gasteiger partial charge in [0, 0.05) is 13.7 Å². The highest BCUT2D eigenvalue weighted by Gasteiger charge is 2.21. The van der Waals surface area contributed by atoms with Crippen LogP contribution in [0.2, 0.25) is 0 Å². The van der Waals surface area contributed by atoms with Crippen LogP contribution in [0.1, 0.15) is 11.7 Å². The number of sulfonamides is 1. The van der Waals surface area contributed by atoms with Gasteiger partial charge >= 0.3 is 0 Å². The fourth-order valence-electron chi connectivity index (χ4n) is 1.97. The first kappa shape index (κ1) is 16.5. The van der Waals surface area contributed by atoms with Gasteiger partial charge in [0.1, 0.15) is 16.5 Å². The van der Waals surface area contributed by atoms with Crippen LogP contribution in [0.15, 0.2) is 53.4 Å². The van der Waals surface area contributed by atoms with Crippen LogP contribution in [0.4, 0.5) is 8.78 Å². The molecule has 118 valence electrons. The van der Waals surface area contributed by atoms with Crippen molar-refractivity contribution in [1.29, 1.82) is 0 Å². The van der Waals surface area contributed by atoms with Gasteiger partial charge in [0.2, 0.25) is 10.0 Å². The molecule has 7 heteroatoms. The average molecular weight is 327 g/mol. The summed E-state index contributed by atoms with van der Waals surface area (Å²) in [5.41, 5.74) is 0.485. The van der Waals surface area contributed by atoms with Gasteiger partial charge in [0.25, 0.3) is 0 Å². The van der Waals surface area contributed by atoms with E-state index in [1.54, 1.807) is 6.07 Å². The molecule has 1 atom stereocenters. The first-order valence-corrected chi connectivity index (χ1v) is 7.95. The standard InChI is InChI=1S/C15H15F2NO3S/c1-21-14(11-5-4-6-12(16)9-11)10-18-22(19,20)15-8-3-2-7-13(15)17/h2-9,14,18H,10H2,1H3/t14-/m0/s1. The van der Waals surface area contributed by atoms with Gasteiger partial charge in [-0.05, 0) is 29.8 Å². The van der Waals surface area contributed by atoms with Crippen molar-refractivity contribution < 1.29 is 21.9 Å². The molecule has 0 amide bonds. The number of ether oxygens (including phenoxy) is 1. The molecule has 1 N–H and O–H groups in total. The van der Waals surface area contributed by atoms with Crippen molar-refractivity contribution in [2.45, 2.75) is 11.0 Å². The van der Waals surface area contributed by atoms with Crippen molar-refractivity contribution >= 4 is 10.0 Å². The summed E-state index contributed by atoms with van der Waals surface area (Å²) in [5.74, 6) is -1.29. The predicted octanol–water partition coefficient (Wildman–Crippen LogP) is 2.63. The van der Waals surface area contributed by atoms with Gasteiger partial charge in [-0.15, -0.1) is 0 Å². The molecule has 0 saturated carbocycles. The molecular formula is C15H15F2NO3S. The number of benzene rings is 2. The molecule has 2 aromatic rings. The zero-order chi connectivity index (χ0) is 16.2. The summed E-state index contributed by atoms with van der Waals surface area (Å²) in [4.78, 5) is -0.441. The van der Waals surface area contributed by atoms with E-state index < -0.39 is 32.7 Å². The van der Waals surface area contributed by atoms with E-state index in [9.17, 15) is 17.2 Å². The Morgan fingerprint density at radius 1 is 1.14 bits per heavy atom. The molecular weight excluding hydrogens is 312 g/mol. The molecule has 0 aromatic heterocycles. The molecule has 0 aliphatic carbocycles. The fourth-order valence-corrected chi connectivity index (χ4v) is 3.08. The van der Waals surface area contributed by atoms with Crippen LogP contribution in [0.5, 0.6) is 0 Å². The Balaban J connectivity index is 2.15. The molecule has 0 saturated heterocycles. The van der Waals surface area contributed by atoms with Crippen molar-refractivity contribution in [2.75, 3.05) is 13.7 Å². The molecule has 0 aliphatic rings. The number of methoxy groups -OCH3 is 1. The average Bonchev–Trinajstić information content (AvgIpc) is 2.48. The van der Waals surface area contributed by atoms with Crippen molar-refractivity contribution in [1.82, 2.24) is 4.72 Å². The van der Waals surface area contributed by atoms with Crippen molar-refractivity contribution in [3.8, 4) is 0 Å². The topological polar surface area (TPSA) is 55.4 Å². The highest BCUT2D eigenvalue weighted by molar-refractivity contribution is 7.89. The molecule has 0 heterocycles. The molecule has 0 fully saturated rings. The lowest BCUT2D eigenvalue weighted by atomic mass is 10.1. The second kappa shape index (κ2) is 6.95. The first-order chi connectivity index (χ1) is 10.4. The Morgan fingerprint density at radius 2 is 1.86 bits per heavy atom. The zero-order valence-corrected chi connectivity index (χ0v) is 12.6. The van der Waals surface area contributed by atoms with Crippen LogP contribution < -0.4 is 4.72 Å². The second-order valence-electron chi connectivity index (χ2n) is 4.56. The fraction of sp³-hybridized carbons (Fsp3) is 0.200. The van der Waals surface area contributed by atoms with Gasteiger partial charge < -0.3 is 4.74 Å². The lowest BCUT2D eigenvalue weighted by Crippen LogP contribution is -2.30. The third-order valence-corrected chi connectivity index (χ3v) is 4.55. The van der Waals surface area contributed by atoms with Crippen molar-refractivity contribution in [3.63, 3.8) is 0 Å². The van der Waals surface area contributed by atoms with Crippen LogP contribution >= 0.6 is 0 Å². The monoisotopic (exact) mass is 327 g/mol. The highest BCUT2D eigenvalue weighted by Crippen LogP contribution is 2.19. The molecule has 0 spiro atoms. The number of rotatable bonds is 6. The molecule has 22 heavy (non-hydrogen) atoms.